The van der Waals surface area contributed by atoms with Crippen LogP contribution >= 0.6 is 34.8 Å². The van der Waals surface area contributed by atoms with E-state index in [1.54, 1.807) is 24.3 Å². The van der Waals surface area contributed by atoms with Crippen molar-refractivity contribution in [3.8, 4) is 0 Å². The second-order valence-corrected chi connectivity index (χ2v) is 5.28. The first-order valence-electron chi connectivity index (χ1n) is 5.55. The summed E-state index contributed by atoms with van der Waals surface area (Å²) in [7, 11) is 0. The molecule has 0 aliphatic carbocycles. The van der Waals surface area contributed by atoms with Crippen LogP contribution in [0.1, 0.15) is 17.2 Å². The molecule has 0 saturated carbocycles. The standard InChI is InChI=1S/C14H10Cl3FO/c15-10-4-2-5-11(16)9(10)7-13(19)8-3-1-6-12(17)14(8)18/h1-6,13,19H,7H2. The summed E-state index contributed by atoms with van der Waals surface area (Å²) >= 11 is 17.7. The van der Waals surface area contributed by atoms with Crippen LogP contribution in [0.15, 0.2) is 36.4 Å². The molecule has 19 heavy (non-hydrogen) atoms. The van der Waals surface area contributed by atoms with Crippen molar-refractivity contribution in [1.29, 1.82) is 0 Å². The van der Waals surface area contributed by atoms with Gasteiger partial charge in [0.05, 0.1) is 11.1 Å². The Kier molecular flexibility index (Phi) is 4.69. The van der Waals surface area contributed by atoms with E-state index in [1.165, 1.54) is 12.1 Å². The van der Waals surface area contributed by atoms with E-state index in [9.17, 15) is 9.50 Å². The maximum absolute atomic E-state index is 13.8. The fourth-order valence-electron chi connectivity index (χ4n) is 1.81. The van der Waals surface area contributed by atoms with Gasteiger partial charge in [0.25, 0.3) is 0 Å². The highest BCUT2D eigenvalue weighted by atomic mass is 35.5. The third-order valence-electron chi connectivity index (χ3n) is 2.80. The third-order valence-corrected chi connectivity index (χ3v) is 3.80. The molecule has 0 aliphatic heterocycles. The number of aliphatic hydroxyl groups is 1. The van der Waals surface area contributed by atoms with E-state index in [-0.39, 0.29) is 17.0 Å². The smallest absolute Gasteiger partial charge is 0.147 e. The summed E-state index contributed by atoms with van der Waals surface area (Å²) in [5.74, 6) is -0.625. The van der Waals surface area contributed by atoms with E-state index in [2.05, 4.69) is 0 Å². The van der Waals surface area contributed by atoms with Crippen LogP contribution in [0.3, 0.4) is 0 Å². The number of halogens is 4. The van der Waals surface area contributed by atoms with Crippen molar-refractivity contribution in [2.24, 2.45) is 0 Å². The fraction of sp³-hybridized carbons (Fsp3) is 0.143. The topological polar surface area (TPSA) is 20.2 Å². The van der Waals surface area contributed by atoms with E-state index >= 15 is 0 Å². The van der Waals surface area contributed by atoms with Crippen LogP contribution in [-0.2, 0) is 6.42 Å². The van der Waals surface area contributed by atoms with E-state index in [0.29, 0.717) is 15.6 Å². The summed E-state index contributed by atoms with van der Waals surface area (Å²) in [5.41, 5.74) is 0.709. The lowest BCUT2D eigenvalue weighted by molar-refractivity contribution is 0.173. The molecule has 1 nitrogen and oxygen atoms in total. The highest BCUT2D eigenvalue weighted by molar-refractivity contribution is 6.36. The van der Waals surface area contributed by atoms with Crippen LogP contribution in [-0.4, -0.2) is 5.11 Å². The molecule has 1 unspecified atom stereocenters. The van der Waals surface area contributed by atoms with Crippen molar-refractivity contribution in [2.45, 2.75) is 12.5 Å². The zero-order valence-electron chi connectivity index (χ0n) is 9.71. The first-order valence-corrected chi connectivity index (χ1v) is 6.69. The Morgan fingerprint density at radius 1 is 0.947 bits per heavy atom. The Morgan fingerprint density at radius 2 is 1.47 bits per heavy atom. The second kappa shape index (κ2) is 6.10. The quantitative estimate of drug-likeness (QED) is 0.838. The molecule has 2 aromatic rings. The predicted octanol–water partition coefficient (Wildman–Crippen LogP) is 5.06. The Morgan fingerprint density at radius 3 is 2.11 bits per heavy atom. The molecule has 2 aromatic carbocycles. The number of aliphatic hydroxyl groups excluding tert-OH is 1. The van der Waals surface area contributed by atoms with Crippen LogP contribution < -0.4 is 0 Å². The molecule has 0 saturated heterocycles. The molecule has 0 spiro atoms. The minimum absolute atomic E-state index is 0.0261. The molecule has 0 aromatic heterocycles. The van der Waals surface area contributed by atoms with Gasteiger partial charge in [0.15, 0.2) is 0 Å². The van der Waals surface area contributed by atoms with E-state index in [1.807, 2.05) is 0 Å². The summed E-state index contributed by atoms with van der Waals surface area (Å²) < 4.78 is 13.8. The molecule has 0 bridgehead atoms. The maximum atomic E-state index is 13.8. The second-order valence-electron chi connectivity index (χ2n) is 4.06. The Bertz CT molecular complexity index is 581. The Labute approximate surface area is 125 Å². The largest absolute Gasteiger partial charge is 0.388 e. The minimum atomic E-state index is -1.06. The van der Waals surface area contributed by atoms with Crippen molar-refractivity contribution >= 4 is 34.8 Å². The van der Waals surface area contributed by atoms with Gasteiger partial charge in [0.2, 0.25) is 0 Å². The van der Waals surface area contributed by atoms with Gasteiger partial charge in [-0.3, -0.25) is 0 Å². The molecular weight excluding hydrogens is 310 g/mol. The summed E-state index contributed by atoms with van der Waals surface area (Å²) in [4.78, 5) is 0. The van der Waals surface area contributed by atoms with Gasteiger partial charge in [-0.15, -0.1) is 0 Å². The van der Waals surface area contributed by atoms with Crippen molar-refractivity contribution in [1.82, 2.24) is 0 Å². The van der Waals surface area contributed by atoms with Gasteiger partial charge in [-0.1, -0.05) is 53.0 Å². The van der Waals surface area contributed by atoms with Gasteiger partial charge in [-0.05, 0) is 23.8 Å². The molecule has 2 rings (SSSR count). The molecule has 0 aliphatic rings. The first-order chi connectivity index (χ1) is 9.00. The van der Waals surface area contributed by atoms with Crippen molar-refractivity contribution in [3.05, 3.63) is 68.4 Å². The maximum Gasteiger partial charge on any atom is 0.147 e. The van der Waals surface area contributed by atoms with Gasteiger partial charge >= 0.3 is 0 Å². The number of hydrogen-bond donors (Lipinski definition) is 1. The van der Waals surface area contributed by atoms with E-state index in [4.69, 9.17) is 34.8 Å². The monoisotopic (exact) mass is 318 g/mol. The van der Waals surface area contributed by atoms with Crippen molar-refractivity contribution in [3.63, 3.8) is 0 Å². The van der Waals surface area contributed by atoms with Gasteiger partial charge in [-0.25, -0.2) is 4.39 Å². The highest BCUT2D eigenvalue weighted by Crippen LogP contribution is 2.31. The van der Waals surface area contributed by atoms with Crippen molar-refractivity contribution in [2.75, 3.05) is 0 Å². The molecule has 5 heteroatoms. The highest BCUT2D eigenvalue weighted by Gasteiger charge is 2.18. The lowest BCUT2D eigenvalue weighted by Crippen LogP contribution is -2.05. The van der Waals surface area contributed by atoms with E-state index in [0.717, 1.165) is 0 Å². The number of rotatable bonds is 3. The molecule has 0 amide bonds. The average molecular weight is 320 g/mol. The fourth-order valence-corrected chi connectivity index (χ4v) is 2.54. The minimum Gasteiger partial charge on any atom is -0.388 e. The summed E-state index contributed by atoms with van der Waals surface area (Å²) in [6.45, 7) is 0. The molecule has 1 atom stereocenters. The van der Waals surface area contributed by atoms with Crippen LogP contribution in [0.4, 0.5) is 4.39 Å². The van der Waals surface area contributed by atoms with Gasteiger partial charge in [0, 0.05) is 22.0 Å². The third kappa shape index (κ3) is 3.21. The zero-order chi connectivity index (χ0) is 14.0. The van der Waals surface area contributed by atoms with E-state index < -0.39 is 11.9 Å². The predicted molar refractivity (Wildman–Crippen MR) is 76.5 cm³/mol. The lowest BCUT2D eigenvalue weighted by Gasteiger charge is -2.14. The summed E-state index contributed by atoms with van der Waals surface area (Å²) in [5, 5.41) is 11.0. The van der Waals surface area contributed by atoms with Crippen LogP contribution in [0.5, 0.6) is 0 Å². The SMILES string of the molecule is OC(Cc1c(Cl)cccc1Cl)c1cccc(Cl)c1F. The Balaban J connectivity index is 2.31. The first kappa shape index (κ1) is 14.6. The van der Waals surface area contributed by atoms with Gasteiger partial charge < -0.3 is 5.11 Å². The molecule has 100 valence electrons. The van der Waals surface area contributed by atoms with Crippen LogP contribution in [0.2, 0.25) is 15.1 Å². The van der Waals surface area contributed by atoms with Crippen LogP contribution in [0, 0.1) is 5.82 Å². The normalized spacial score (nSPS) is 12.5. The molecular formula is C14H10Cl3FO. The van der Waals surface area contributed by atoms with Gasteiger partial charge in [0.1, 0.15) is 5.82 Å². The number of hydrogen-bond acceptors (Lipinski definition) is 1. The molecule has 1 N–H and O–H groups in total. The van der Waals surface area contributed by atoms with Gasteiger partial charge in [-0.2, -0.15) is 0 Å². The lowest BCUT2D eigenvalue weighted by atomic mass is 10.0. The zero-order valence-corrected chi connectivity index (χ0v) is 12.0. The number of benzene rings is 2. The Hall–Kier alpha value is -0.800. The summed E-state index contributed by atoms with van der Waals surface area (Å²) in [6.07, 6.45) is -0.938. The molecule has 0 heterocycles. The van der Waals surface area contributed by atoms with Crippen LogP contribution in [0.25, 0.3) is 0 Å². The molecule has 0 radical (unpaired) electrons. The van der Waals surface area contributed by atoms with Crippen molar-refractivity contribution < 1.29 is 9.50 Å². The molecule has 0 fully saturated rings. The summed E-state index contributed by atoms with van der Waals surface area (Å²) in [6, 6.07) is 9.54. The average Bonchev–Trinajstić information content (AvgIpc) is 2.37.